The highest BCUT2D eigenvalue weighted by Gasteiger charge is 2.37. The molecular formula is C9H17F3N2O2S. The molecule has 0 saturated carbocycles. The van der Waals surface area contributed by atoms with E-state index in [9.17, 15) is 21.6 Å². The van der Waals surface area contributed by atoms with Crippen molar-refractivity contribution in [3.8, 4) is 0 Å². The molecule has 1 aliphatic rings. The summed E-state index contributed by atoms with van der Waals surface area (Å²) in [7, 11) is -3.31. The van der Waals surface area contributed by atoms with Gasteiger partial charge in [-0.05, 0) is 19.3 Å². The standard InChI is InChI=1S/C9H17F3N2O2S/c10-9(11,12)5-4-7(14-13)8-3-1-2-6-17(8,15)16/h7-8,14H,1-6,13H2. The van der Waals surface area contributed by atoms with Gasteiger partial charge in [0.2, 0.25) is 0 Å². The zero-order valence-corrected chi connectivity index (χ0v) is 10.1. The van der Waals surface area contributed by atoms with Crippen LogP contribution in [0.4, 0.5) is 13.2 Å². The molecule has 1 heterocycles. The molecule has 0 radical (unpaired) electrons. The van der Waals surface area contributed by atoms with Gasteiger partial charge < -0.3 is 0 Å². The van der Waals surface area contributed by atoms with Crippen LogP contribution in [0.15, 0.2) is 0 Å². The molecule has 0 aliphatic carbocycles. The van der Waals surface area contributed by atoms with E-state index in [1.807, 2.05) is 0 Å². The Kier molecular flexibility index (Phi) is 4.79. The van der Waals surface area contributed by atoms with Crippen LogP contribution in [-0.2, 0) is 9.84 Å². The Balaban J connectivity index is 2.66. The Hall–Kier alpha value is -0.340. The van der Waals surface area contributed by atoms with Crippen molar-refractivity contribution in [2.75, 3.05) is 5.75 Å². The van der Waals surface area contributed by atoms with E-state index in [2.05, 4.69) is 5.43 Å². The lowest BCUT2D eigenvalue weighted by Gasteiger charge is -2.29. The molecule has 3 N–H and O–H groups in total. The van der Waals surface area contributed by atoms with E-state index < -0.39 is 33.7 Å². The summed E-state index contributed by atoms with van der Waals surface area (Å²) >= 11 is 0. The third-order valence-corrected chi connectivity index (χ3v) is 5.37. The monoisotopic (exact) mass is 274 g/mol. The summed E-state index contributed by atoms with van der Waals surface area (Å²) in [6.45, 7) is 0. The number of rotatable bonds is 4. The van der Waals surface area contributed by atoms with Crippen LogP contribution in [0.5, 0.6) is 0 Å². The SMILES string of the molecule is NNC(CCC(F)(F)F)C1CCCCS1(=O)=O. The second-order valence-electron chi connectivity index (χ2n) is 4.33. The van der Waals surface area contributed by atoms with Gasteiger partial charge in [-0.3, -0.25) is 11.3 Å². The van der Waals surface area contributed by atoms with Gasteiger partial charge in [0.05, 0.1) is 11.0 Å². The molecule has 1 rings (SSSR count). The van der Waals surface area contributed by atoms with Gasteiger partial charge in [0.25, 0.3) is 0 Å². The molecule has 1 saturated heterocycles. The topological polar surface area (TPSA) is 72.2 Å². The number of hydrogen-bond donors (Lipinski definition) is 2. The van der Waals surface area contributed by atoms with Gasteiger partial charge in [-0.15, -0.1) is 0 Å². The van der Waals surface area contributed by atoms with E-state index in [1.54, 1.807) is 0 Å². The number of hydrogen-bond acceptors (Lipinski definition) is 4. The van der Waals surface area contributed by atoms with E-state index in [0.717, 1.165) is 0 Å². The Morgan fingerprint density at radius 2 is 2.00 bits per heavy atom. The molecule has 0 aromatic heterocycles. The molecule has 17 heavy (non-hydrogen) atoms. The fraction of sp³-hybridized carbons (Fsp3) is 1.00. The van der Waals surface area contributed by atoms with Crippen LogP contribution >= 0.6 is 0 Å². The fourth-order valence-corrected chi connectivity index (χ4v) is 4.28. The van der Waals surface area contributed by atoms with Gasteiger partial charge in [0.15, 0.2) is 9.84 Å². The molecule has 1 fully saturated rings. The Morgan fingerprint density at radius 3 is 2.47 bits per heavy atom. The van der Waals surface area contributed by atoms with E-state index in [1.165, 1.54) is 0 Å². The predicted octanol–water partition coefficient (Wildman–Crippen LogP) is 1.13. The highest BCUT2D eigenvalue weighted by Crippen LogP contribution is 2.28. The first-order valence-electron chi connectivity index (χ1n) is 5.51. The lowest BCUT2D eigenvalue weighted by Crippen LogP contribution is -2.49. The predicted molar refractivity (Wildman–Crippen MR) is 57.8 cm³/mol. The second kappa shape index (κ2) is 5.53. The zero-order valence-electron chi connectivity index (χ0n) is 9.33. The molecule has 8 heteroatoms. The minimum atomic E-state index is -4.28. The summed E-state index contributed by atoms with van der Waals surface area (Å²) in [5, 5.41) is -0.788. The number of alkyl halides is 3. The highest BCUT2D eigenvalue weighted by atomic mass is 32.2. The van der Waals surface area contributed by atoms with Gasteiger partial charge in [0.1, 0.15) is 0 Å². The normalized spacial score (nSPS) is 26.7. The maximum atomic E-state index is 12.1. The highest BCUT2D eigenvalue weighted by molar-refractivity contribution is 7.92. The molecule has 0 aromatic carbocycles. The van der Waals surface area contributed by atoms with Gasteiger partial charge in [0, 0.05) is 12.5 Å². The van der Waals surface area contributed by atoms with Crippen LogP contribution in [0, 0.1) is 0 Å². The third kappa shape index (κ3) is 4.44. The molecule has 0 bridgehead atoms. The Morgan fingerprint density at radius 1 is 1.35 bits per heavy atom. The van der Waals surface area contributed by atoms with Gasteiger partial charge in [-0.2, -0.15) is 13.2 Å². The van der Waals surface area contributed by atoms with Crippen molar-refractivity contribution in [1.29, 1.82) is 0 Å². The summed E-state index contributed by atoms with van der Waals surface area (Å²) < 4.78 is 59.7. The van der Waals surface area contributed by atoms with Crippen molar-refractivity contribution in [2.24, 2.45) is 5.84 Å². The Labute approximate surface area is 98.6 Å². The van der Waals surface area contributed by atoms with E-state index in [4.69, 9.17) is 5.84 Å². The van der Waals surface area contributed by atoms with Gasteiger partial charge >= 0.3 is 6.18 Å². The number of hydrazine groups is 1. The molecule has 0 aromatic rings. The molecule has 0 amide bonds. The molecular weight excluding hydrogens is 257 g/mol. The van der Waals surface area contributed by atoms with E-state index >= 15 is 0 Å². The van der Waals surface area contributed by atoms with E-state index in [0.29, 0.717) is 19.3 Å². The van der Waals surface area contributed by atoms with Crippen LogP contribution in [0.3, 0.4) is 0 Å². The molecule has 0 spiro atoms. The van der Waals surface area contributed by atoms with Crippen LogP contribution in [0.1, 0.15) is 32.1 Å². The average molecular weight is 274 g/mol. The van der Waals surface area contributed by atoms with Crippen molar-refractivity contribution >= 4 is 9.84 Å². The third-order valence-electron chi connectivity index (χ3n) is 3.03. The first kappa shape index (κ1) is 14.7. The van der Waals surface area contributed by atoms with Crippen LogP contribution < -0.4 is 11.3 Å². The van der Waals surface area contributed by atoms with Crippen molar-refractivity contribution in [3.05, 3.63) is 0 Å². The van der Waals surface area contributed by atoms with Crippen LogP contribution in [0.2, 0.25) is 0 Å². The molecule has 4 nitrogen and oxygen atoms in total. The first-order valence-corrected chi connectivity index (χ1v) is 7.22. The summed E-state index contributed by atoms with van der Waals surface area (Å²) in [5.41, 5.74) is 2.22. The fourth-order valence-electron chi connectivity index (χ4n) is 2.13. The van der Waals surface area contributed by atoms with Gasteiger partial charge in [-0.1, -0.05) is 6.42 Å². The summed E-state index contributed by atoms with van der Waals surface area (Å²) in [4.78, 5) is 0. The second-order valence-corrected chi connectivity index (χ2v) is 6.67. The first-order chi connectivity index (χ1) is 7.76. The van der Waals surface area contributed by atoms with Crippen molar-refractivity contribution in [3.63, 3.8) is 0 Å². The smallest absolute Gasteiger partial charge is 0.271 e. The summed E-state index contributed by atoms with van der Waals surface area (Å²) in [5.74, 6) is 5.22. The van der Waals surface area contributed by atoms with Crippen LogP contribution in [0.25, 0.3) is 0 Å². The Bertz CT molecular complexity index is 343. The molecule has 1 aliphatic heterocycles. The molecule has 2 atom stereocenters. The number of nitrogens with one attached hydrogen (secondary N) is 1. The largest absolute Gasteiger partial charge is 0.389 e. The molecule has 102 valence electrons. The number of halogens is 3. The maximum absolute atomic E-state index is 12.1. The van der Waals surface area contributed by atoms with Crippen molar-refractivity contribution in [1.82, 2.24) is 5.43 Å². The minimum absolute atomic E-state index is 0.0435. The van der Waals surface area contributed by atoms with Crippen molar-refractivity contribution < 1.29 is 21.6 Å². The maximum Gasteiger partial charge on any atom is 0.389 e. The summed E-state index contributed by atoms with van der Waals surface area (Å²) in [6, 6.07) is -0.818. The quantitative estimate of drug-likeness (QED) is 0.595. The zero-order chi connectivity index (χ0) is 13.1. The number of sulfone groups is 1. The molecule has 2 unspecified atom stereocenters. The number of nitrogens with two attached hydrogens (primary N) is 1. The van der Waals surface area contributed by atoms with Crippen molar-refractivity contribution in [2.45, 2.75) is 49.6 Å². The minimum Gasteiger partial charge on any atom is -0.271 e. The van der Waals surface area contributed by atoms with E-state index in [-0.39, 0.29) is 12.2 Å². The average Bonchev–Trinajstić information content (AvgIpc) is 2.19. The lowest BCUT2D eigenvalue weighted by atomic mass is 10.0. The van der Waals surface area contributed by atoms with Gasteiger partial charge in [-0.25, -0.2) is 8.42 Å². The van der Waals surface area contributed by atoms with Crippen LogP contribution in [-0.4, -0.2) is 31.6 Å². The lowest BCUT2D eigenvalue weighted by molar-refractivity contribution is -0.136. The summed E-state index contributed by atoms with van der Waals surface area (Å²) in [6.07, 6.45) is -3.93.